The van der Waals surface area contributed by atoms with Crippen LogP contribution >= 0.6 is 0 Å². The number of likely N-dealkylation sites (N-methyl/N-ethyl adjacent to an activating group) is 1. The Labute approximate surface area is 172 Å². The van der Waals surface area contributed by atoms with E-state index in [4.69, 9.17) is 0 Å². The number of nitrogens with one attached hydrogen (secondary N) is 1. The summed E-state index contributed by atoms with van der Waals surface area (Å²) in [6, 6.07) is 9.78. The van der Waals surface area contributed by atoms with E-state index in [0.717, 1.165) is 43.9 Å². The summed E-state index contributed by atoms with van der Waals surface area (Å²) in [5.74, 6) is -1.08. The number of carboxylic acids is 1. The molecule has 0 saturated carbocycles. The SMILES string of the molecule is CCN1CCN(c2ccc(NS(=O)(=O)c3cc(C)cc(C)c3)cc2C(=O)O)CC1. The maximum absolute atomic E-state index is 12.8. The minimum absolute atomic E-state index is 0.0931. The van der Waals surface area contributed by atoms with Crippen molar-refractivity contribution >= 4 is 27.4 Å². The van der Waals surface area contributed by atoms with Crippen LogP contribution in [-0.2, 0) is 10.0 Å². The summed E-state index contributed by atoms with van der Waals surface area (Å²) in [5.41, 5.74) is 2.63. The van der Waals surface area contributed by atoms with Crippen molar-refractivity contribution in [2.75, 3.05) is 42.3 Å². The molecule has 0 aromatic heterocycles. The maximum Gasteiger partial charge on any atom is 0.337 e. The van der Waals surface area contributed by atoms with Gasteiger partial charge in [0.15, 0.2) is 0 Å². The first-order valence-electron chi connectivity index (χ1n) is 9.65. The van der Waals surface area contributed by atoms with Crippen molar-refractivity contribution in [2.24, 2.45) is 0 Å². The molecule has 3 rings (SSSR count). The molecule has 2 aromatic rings. The van der Waals surface area contributed by atoms with Gasteiger partial charge in [-0.2, -0.15) is 0 Å². The Kier molecular flexibility index (Phi) is 6.14. The van der Waals surface area contributed by atoms with Crippen LogP contribution in [0.5, 0.6) is 0 Å². The molecule has 0 atom stereocenters. The first-order chi connectivity index (χ1) is 13.7. The molecule has 1 saturated heterocycles. The summed E-state index contributed by atoms with van der Waals surface area (Å²) in [6.07, 6.45) is 0. The smallest absolute Gasteiger partial charge is 0.337 e. The lowest BCUT2D eigenvalue weighted by atomic mass is 10.1. The first-order valence-corrected chi connectivity index (χ1v) is 11.1. The molecule has 0 radical (unpaired) electrons. The number of rotatable bonds is 6. The van der Waals surface area contributed by atoms with E-state index in [-0.39, 0.29) is 16.1 Å². The molecule has 0 aliphatic carbocycles. The predicted octanol–water partition coefficient (Wildman–Crippen LogP) is 2.94. The fourth-order valence-corrected chi connectivity index (χ4v) is 4.89. The standard InChI is InChI=1S/C21H27N3O4S/c1-4-23-7-9-24(10-8-23)20-6-5-17(14-19(20)21(25)26)22-29(27,28)18-12-15(2)11-16(3)13-18/h5-6,11-14,22H,4,7-10H2,1-3H3,(H,25,26). The van der Waals surface area contributed by atoms with Gasteiger partial charge in [0.25, 0.3) is 10.0 Å². The molecule has 1 aliphatic rings. The number of sulfonamides is 1. The molecular weight excluding hydrogens is 390 g/mol. The van der Waals surface area contributed by atoms with E-state index in [9.17, 15) is 18.3 Å². The summed E-state index contributed by atoms with van der Waals surface area (Å²) in [6.45, 7) is 9.97. The van der Waals surface area contributed by atoms with Crippen molar-refractivity contribution < 1.29 is 18.3 Å². The number of aromatic carboxylic acids is 1. The van der Waals surface area contributed by atoms with Crippen LogP contribution in [0.1, 0.15) is 28.4 Å². The first kappa shape index (κ1) is 21.1. The summed E-state index contributed by atoms with van der Waals surface area (Å²) in [5, 5.41) is 9.69. The normalized spacial score (nSPS) is 15.3. The summed E-state index contributed by atoms with van der Waals surface area (Å²) in [7, 11) is -3.81. The number of hydrogen-bond donors (Lipinski definition) is 2. The topological polar surface area (TPSA) is 90.0 Å². The number of hydrogen-bond acceptors (Lipinski definition) is 5. The maximum atomic E-state index is 12.8. The van der Waals surface area contributed by atoms with E-state index >= 15 is 0 Å². The van der Waals surface area contributed by atoms with E-state index in [1.807, 2.05) is 24.8 Å². The zero-order valence-electron chi connectivity index (χ0n) is 17.0. The molecule has 0 bridgehead atoms. The van der Waals surface area contributed by atoms with Gasteiger partial charge >= 0.3 is 5.97 Å². The van der Waals surface area contributed by atoms with Gasteiger partial charge in [0.1, 0.15) is 0 Å². The van der Waals surface area contributed by atoms with Crippen LogP contribution < -0.4 is 9.62 Å². The van der Waals surface area contributed by atoms with Crippen LogP contribution in [0.2, 0.25) is 0 Å². The molecule has 0 spiro atoms. The lowest BCUT2D eigenvalue weighted by molar-refractivity contribution is 0.0697. The number of aryl methyl sites for hydroxylation is 2. The van der Waals surface area contributed by atoms with Gasteiger partial charge < -0.3 is 14.9 Å². The third-order valence-corrected chi connectivity index (χ3v) is 6.51. The van der Waals surface area contributed by atoms with Gasteiger partial charge in [0.2, 0.25) is 0 Å². The minimum atomic E-state index is -3.81. The molecule has 2 aromatic carbocycles. The van der Waals surface area contributed by atoms with Gasteiger partial charge in [-0.1, -0.05) is 13.0 Å². The number of carbonyl (C=O) groups is 1. The molecule has 1 aliphatic heterocycles. The lowest BCUT2D eigenvalue weighted by Crippen LogP contribution is -2.46. The highest BCUT2D eigenvalue weighted by Gasteiger charge is 2.22. The van der Waals surface area contributed by atoms with Gasteiger partial charge in [0.05, 0.1) is 16.1 Å². The van der Waals surface area contributed by atoms with Crippen molar-refractivity contribution in [2.45, 2.75) is 25.7 Å². The summed E-state index contributed by atoms with van der Waals surface area (Å²) < 4.78 is 28.0. The molecule has 1 heterocycles. The Hall–Kier alpha value is -2.58. The van der Waals surface area contributed by atoms with Crippen LogP contribution in [0.4, 0.5) is 11.4 Å². The highest BCUT2D eigenvalue weighted by Crippen LogP contribution is 2.27. The Morgan fingerprint density at radius 2 is 1.66 bits per heavy atom. The van der Waals surface area contributed by atoms with Crippen molar-refractivity contribution in [3.05, 3.63) is 53.1 Å². The zero-order chi connectivity index (χ0) is 21.2. The number of anilines is 2. The van der Waals surface area contributed by atoms with Crippen molar-refractivity contribution in [1.82, 2.24) is 4.90 Å². The molecule has 0 amide bonds. The number of piperazine rings is 1. The fraction of sp³-hybridized carbons (Fsp3) is 0.381. The molecular formula is C21H27N3O4S. The largest absolute Gasteiger partial charge is 0.478 e. The molecule has 0 unspecified atom stereocenters. The van der Waals surface area contributed by atoms with Gasteiger partial charge in [-0.25, -0.2) is 13.2 Å². The van der Waals surface area contributed by atoms with E-state index in [2.05, 4.69) is 16.5 Å². The van der Waals surface area contributed by atoms with Crippen LogP contribution in [0.25, 0.3) is 0 Å². The molecule has 7 nitrogen and oxygen atoms in total. The van der Waals surface area contributed by atoms with E-state index < -0.39 is 16.0 Å². The number of benzene rings is 2. The second-order valence-corrected chi connectivity index (χ2v) is 9.07. The second kappa shape index (κ2) is 8.42. The Morgan fingerprint density at radius 3 is 2.21 bits per heavy atom. The highest BCUT2D eigenvalue weighted by atomic mass is 32.2. The summed E-state index contributed by atoms with van der Waals surface area (Å²) >= 11 is 0. The van der Waals surface area contributed by atoms with E-state index in [0.29, 0.717) is 5.69 Å². The second-order valence-electron chi connectivity index (χ2n) is 7.39. The van der Waals surface area contributed by atoms with Crippen molar-refractivity contribution in [3.8, 4) is 0 Å². The molecule has 8 heteroatoms. The van der Waals surface area contributed by atoms with Gasteiger partial charge in [-0.15, -0.1) is 0 Å². The fourth-order valence-electron chi connectivity index (χ4n) is 3.65. The van der Waals surface area contributed by atoms with Crippen molar-refractivity contribution in [3.63, 3.8) is 0 Å². The molecule has 2 N–H and O–H groups in total. The Balaban J connectivity index is 1.87. The molecule has 29 heavy (non-hydrogen) atoms. The van der Waals surface area contributed by atoms with Gasteiger partial charge in [-0.05, 0) is 61.9 Å². The van der Waals surface area contributed by atoms with Crippen LogP contribution in [-0.4, -0.2) is 57.1 Å². The van der Waals surface area contributed by atoms with Crippen LogP contribution in [0.3, 0.4) is 0 Å². The average Bonchev–Trinajstić information content (AvgIpc) is 2.67. The number of nitrogens with zero attached hydrogens (tertiary/aromatic N) is 2. The third kappa shape index (κ3) is 4.89. The minimum Gasteiger partial charge on any atom is -0.478 e. The van der Waals surface area contributed by atoms with Crippen LogP contribution in [0.15, 0.2) is 41.3 Å². The van der Waals surface area contributed by atoms with Gasteiger partial charge in [0, 0.05) is 31.9 Å². The van der Waals surface area contributed by atoms with Gasteiger partial charge in [-0.3, -0.25) is 4.72 Å². The third-order valence-electron chi connectivity index (χ3n) is 5.14. The zero-order valence-corrected chi connectivity index (χ0v) is 17.8. The quantitative estimate of drug-likeness (QED) is 0.751. The average molecular weight is 418 g/mol. The molecule has 1 fully saturated rings. The van der Waals surface area contributed by atoms with E-state index in [1.165, 1.54) is 6.07 Å². The molecule has 156 valence electrons. The number of carboxylic acid groups (broad SMARTS) is 1. The van der Waals surface area contributed by atoms with E-state index in [1.54, 1.807) is 24.3 Å². The Morgan fingerprint density at radius 1 is 1.03 bits per heavy atom. The predicted molar refractivity (Wildman–Crippen MR) is 114 cm³/mol. The van der Waals surface area contributed by atoms with Crippen LogP contribution in [0, 0.1) is 13.8 Å². The lowest BCUT2D eigenvalue weighted by Gasteiger charge is -2.36. The summed E-state index contributed by atoms with van der Waals surface area (Å²) in [4.78, 5) is 16.4. The highest BCUT2D eigenvalue weighted by molar-refractivity contribution is 7.92. The van der Waals surface area contributed by atoms with Crippen molar-refractivity contribution in [1.29, 1.82) is 0 Å². The Bertz CT molecular complexity index is 992. The monoisotopic (exact) mass is 417 g/mol.